The number of hydrogen-bond donors (Lipinski definition) is 0. The third kappa shape index (κ3) is 4.46. The molecule has 0 N–H and O–H groups in total. The maximum absolute atomic E-state index is 6.27. The molecule has 0 aliphatic carbocycles. The lowest BCUT2D eigenvalue weighted by atomic mass is 10.2. The molecule has 0 amide bonds. The summed E-state index contributed by atoms with van der Waals surface area (Å²) in [5, 5.41) is 5.66. The molecule has 0 atom stereocenters. The number of rotatable bonds is 8. The van der Waals surface area contributed by atoms with Crippen molar-refractivity contribution in [2.45, 2.75) is 6.42 Å². The molecule has 1 fully saturated rings. The molecule has 1 saturated heterocycles. The lowest BCUT2D eigenvalue weighted by molar-refractivity contribution is 0.302. The van der Waals surface area contributed by atoms with Gasteiger partial charge in [0.2, 0.25) is 5.88 Å². The normalized spacial score (nSPS) is 14.1. The Kier molecular flexibility index (Phi) is 6.38. The molecule has 1 aromatic carbocycles. The molecule has 0 radical (unpaired) electrons. The van der Waals surface area contributed by atoms with Crippen LogP contribution in [0.5, 0.6) is 5.88 Å². The van der Waals surface area contributed by atoms with Crippen LogP contribution in [0.4, 0.5) is 11.5 Å². The van der Waals surface area contributed by atoms with Crippen molar-refractivity contribution in [1.82, 2.24) is 19.6 Å². The number of aromatic nitrogens is 4. The Morgan fingerprint density at radius 1 is 0.972 bits per heavy atom. The molecule has 0 bridgehead atoms. The van der Waals surface area contributed by atoms with Gasteiger partial charge in [-0.25, -0.2) is 14.5 Å². The van der Waals surface area contributed by atoms with Gasteiger partial charge in [0, 0.05) is 44.1 Å². The number of furan rings is 1. The van der Waals surface area contributed by atoms with Crippen LogP contribution in [0.1, 0.15) is 6.42 Å². The zero-order chi connectivity index (χ0) is 24.3. The maximum Gasteiger partial charge on any atom is 0.231 e. The molecule has 0 spiro atoms. The number of benzene rings is 1. The number of thioether (sulfide) groups is 1. The average molecular weight is 501 g/mol. The quantitative estimate of drug-likeness (QED) is 0.276. The Morgan fingerprint density at radius 3 is 2.64 bits per heavy atom. The van der Waals surface area contributed by atoms with Gasteiger partial charge in [0.15, 0.2) is 11.4 Å². The molecule has 184 valence electrons. The van der Waals surface area contributed by atoms with E-state index < -0.39 is 0 Å². The van der Waals surface area contributed by atoms with Crippen LogP contribution in [0.15, 0.2) is 71.4 Å². The minimum atomic E-state index is 0.581. The van der Waals surface area contributed by atoms with Crippen LogP contribution >= 0.6 is 11.8 Å². The van der Waals surface area contributed by atoms with Gasteiger partial charge >= 0.3 is 0 Å². The molecule has 0 unspecified atom stereocenters. The summed E-state index contributed by atoms with van der Waals surface area (Å²) in [4.78, 5) is 14.0. The van der Waals surface area contributed by atoms with Crippen molar-refractivity contribution in [2.75, 3.05) is 54.6 Å². The van der Waals surface area contributed by atoms with Crippen molar-refractivity contribution in [3.05, 3.63) is 67.0 Å². The van der Waals surface area contributed by atoms with Crippen molar-refractivity contribution in [1.29, 1.82) is 0 Å². The second-order valence-electron chi connectivity index (χ2n) is 8.75. The molecular weight excluding hydrogens is 472 g/mol. The Balaban J connectivity index is 1.25. The van der Waals surface area contributed by atoms with Crippen LogP contribution in [0.25, 0.3) is 28.1 Å². The highest BCUT2D eigenvalue weighted by Crippen LogP contribution is 2.33. The van der Waals surface area contributed by atoms with Gasteiger partial charge in [-0.3, -0.25) is 0 Å². The number of ether oxygens (including phenoxy) is 1. The summed E-state index contributed by atoms with van der Waals surface area (Å²) < 4.78 is 13.9. The van der Waals surface area contributed by atoms with E-state index in [0.29, 0.717) is 18.2 Å². The van der Waals surface area contributed by atoms with Gasteiger partial charge in [-0.1, -0.05) is 18.2 Å². The average Bonchev–Trinajstić information content (AvgIpc) is 3.55. The fraction of sp³-hybridized carbons (Fsp3) is 0.296. The zero-order valence-corrected chi connectivity index (χ0v) is 21.0. The molecule has 8 nitrogen and oxygen atoms in total. The van der Waals surface area contributed by atoms with Crippen molar-refractivity contribution in [2.24, 2.45) is 0 Å². The molecule has 9 heteroatoms. The van der Waals surface area contributed by atoms with E-state index in [1.165, 1.54) is 5.69 Å². The highest BCUT2D eigenvalue weighted by atomic mass is 32.2. The van der Waals surface area contributed by atoms with E-state index >= 15 is 0 Å². The highest BCUT2D eigenvalue weighted by molar-refractivity contribution is 7.98. The number of piperazine rings is 1. The Labute approximate surface area is 213 Å². The van der Waals surface area contributed by atoms with Gasteiger partial charge < -0.3 is 19.0 Å². The van der Waals surface area contributed by atoms with Gasteiger partial charge in [-0.2, -0.15) is 11.8 Å². The van der Waals surface area contributed by atoms with Crippen molar-refractivity contribution in [3.8, 4) is 17.3 Å². The fourth-order valence-electron chi connectivity index (χ4n) is 4.62. The van der Waals surface area contributed by atoms with Crippen LogP contribution < -0.4 is 14.5 Å². The predicted octanol–water partition coefficient (Wildman–Crippen LogP) is 5.00. The molecule has 6 rings (SSSR count). The second-order valence-corrected chi connectivity index (χ2v) is 9.73. The number of fused-ring (bicyclic) bond motifs is 2. The summed E-state index contributed by atoms with van der Waals surface area (Å²) in [6.45, 7) is 4.33. The van der Waals surface area contributed by atoms with E-state index in [1.54, 1.807) is 10.7 Å². The smallest absolute Gasteiger partial charge is 0.231 e. The summed E-state index contributed by atoms with van der Waals surface area (Å²) in [7, 11) is 0. The summed E-state index contributed by atoms with van der Waals surface area (Å²) in [5.41, 5.74) is 3.61. The van der Waals surface area contributed by atoms with E-state index in [4.69, 9.17) is 14.1 Å². The lowest BCUT2D eigenvalue weighted by Gasteiger charge is -2.36. The Hall–Kier alpha value is -3.72. The van der Waals surface area contributed by atoms with E-state index in [-0.39, 0.29) is 0 Å². The van der Waals surface area contributed by atoms with Crippen molar-refractivity contribution < 1.29 is 9.15 Å². The van der Waals surface area contributed by atoms with E-state index in [9.17, 15) is 0 Å². The molecular formula is C27H28N6O2S. The molecule has 36 heavy (non-hydrogen) atoms. The first-order valence-electron chi connectivity index (χ1n) is 12.2. The maximum atomic E-state index is 6.27. The standard InChI is InChI=1S/C27H28N6O2S/c1-36-17-5-16-34-26-9-8-25-29-19-22(33(25)30-26)24-18-21-23(35-24)10-11-28-27(21)32-14-12-31(13-15-32)20-6-3-2-4-7-20/h2-4,6-11,18-19H,5,12-17H2,1H3. The van der Waals surface area contributed by atoms with E-state index in [0.717, 1.165) is 66.5 Å². The molecule has 5 heterocycles. The minimum absolute atomic E-state index is 0.581. The number of imidazole rings is 1. The zero-order valence-electron chi connectivity index (χ0n) is 20.2. The third-order valence-electron chi connectivity index (χ3n) is 6.46. The van der Waals surface area contributed by atoms with Crippen LogP contribution in [-0.2, 0) is 0 Å². The predicted molar refractivity (Wildman–Crippen MR) is 145 cm³/mol. The van der Waals surface area contributed by atoms with Gasteiger partial charge in [0.25, 0.3) is 0 Å². The second kappa shape index (κ2) is 10.1. The molecule has 1 aliphatic rings. The van der Waals surface area contributed by atoms with E-state index in [2.05, 4.69) is 62.5 Å². The van der Waals surface area contributed by atoms with Crippen LogP contribution in [0.2, 0.25) is 0 Å². The molecule has 5 aromatic rings. The SMILES string of the molecule is CSCCCOc1ccc2ncc(-c3cc4c(N5CCN(c6ccccc6)CC5)nccc4o3)n2n1. The first-order chi connectivity index (χ1) is 17.8. The van der Waals surface area contributed by atoms with Gasteiger partial charge in [0.1, 0.15) is 17.1 Å². The van der Waals surface area contributed by atoms with Gasteiger partial charge in [-0.05, 0) is 48.8 Å². The minimum Gasteiger partial charge on any atom is -0.477 e. The number of anilines is 2. The van der Waals surface area contributed by atoms with Crippen LogP contribution in [-0.4, -0.2) is 64.4 Å². The van der Waals surface area contributed by atoms with Crippen LogP contribution in [0.3, 0.4) is 0 Å². The number of pyridine rings is 1. The van der Waals surface area contributed by atoms with Gasteiger partial charge in [0.05, 0.1) is 18.2 Å². The lowest BCUT2D eigenvalue weighted by Crippen LogP contribution is -2.46. The summed E-state index contributed by atoms with van der Waals surface area (Å²) in [5.74, 6) is 3.31. The first kappa shape index (κ1) is 22.7. The topological polar surface area (TPSA) is 71.9 Å². The summed E-state index contributed by atoms with van der Waals surface area (Å²) >= 11 is 1.81. The molecule has 0 saturated carbocycles. The summed E-state index contributed by atoms with van der Waals surface area (Å²) in [6.07, 6.45) is 6.70. The molecule has 1 aliphatic heterocycles. The Bertz CT molecular complexity index is 1460. The number of nitrogens with zero attached hydrogens (tertiary/aromatic N) is 6. The first-order valence-corrected chi connectivity index (χ1v) is 13.6. The third-order valence-corrected chi connectivity index (χ3v) is 7.15. The largest absolute Gasteiger partial charge is 0.477 e. The Morgan fingerprint density at radius 2 is 1.81 bits per heavy atom. The van der Waals surface area contributed by atoms with Gasteiger partial charge in [-0.15, -0.1) is 5.10 Å². The fourth-order valence-corrected chi connectivity index (χ4v) is 5.03. The summed E-state index contributed by atoms with van der Waals surface area (Å²) in [6, 6.07) is 18.3. The van der Waals surface area contributed by atoms with Crippen LogP contribution in [0, 0.1) is 0 Å². The van der Waals surface area contributed by atoms with E-state index in [1.807, 2.05) is 36.2 Å². The number of hydrogen-bond acceptors (Lipinski definition) is 8. The monoisotopic (exact) mass is 500 g/mol. The van der Waals surface area contributed by atoms with Crippen molar-refractivity contribution in [3.63, 3.8) is 0 Å². The van der Waals surface area contributed by atoms with Crippen molar-refractivity contribution >= 4 is 39.9 Å². The number of para-hydroxylation sites is 1. The highest BCUT2D eigenvalue weighted by Gasteiger charge is 2.22. The molecule has 4 aromatic heterocycles.